The summed E-state index contributed by atoms with van der Waals surface area (Å²) in [5.41, 5.74) is 0.315. The molecule has 0 amide bonds. The summed E-state index contributed by atoms with van der Waals surface area (Å²) >= 11 is 0. The van der Waals surface area contributed by atoms with Gasteiger partial charge in [0.05, 0.1) is 5.92 Å². The molecule has 1 heterocycles. The monoisotopic (exact) mass is 178 g/mol. The first-order valence-electron chi connectivity index (χ1n) is 4.82. The van der Waals surface area contributed by atoms with Crippen molar-refractivity contribution < 1.29 is 14.6 Å². The van der Waals surface area contributed by atoms with Gasteiger partial charge in [-0.3, -0.25) is 4.79 Å². The lowest BCUT2D eigenvalue weighted by Crippen LogP contribution is -2.28. The molecule has 3 heteroatoms. The molecular formula is C10H10O3. The van der Waals surface area contributed by atoms with Crippen LogP contribution in [-0.2, 0) is 9.53 Å². The fourth-order valence-corrected chi connectivity index (χ4v) is 3.75. The van der Waals surface area contributed by atoms with Crippen molar-refractivity contribution in [2.45, 2.75) is 12.7 Å². The first kappa shape index (κ1) is 6.60. The summed E-state index contributed by atoms with van der Waals surface area (Å²) < 4.78 is 4.86. The van der Waals surface area contributed by atoms with Crippen LogP contribution in [-0.4, -0.2) is 17.4 Å². The maximum Gasteiger partial charge on any atom is 0.312 e. The summed E-state index contributed by atoms with van der Waals surface area (Å²) in [7, 11) is 0. The number of ether oxygens (including phenoxy) is 1. The molecule has 3 aliphatic carbocycles. The van der Waals surface area contributed by atoms with Crippen LogP contribution < -0.4 is 0 Å². The minimum absolute atomic E-state index is 0.0289. The van der Waals surface area contributed by atoms with Crippen LogP contribution in [0.1, 0.15) is 6.42 Å². The van der Waals surface area contributed by atoms with Gasteiger partial charge in [-0.1, -0.05) is 12.2 Å². The van der Waals surface area contributed by atoms with Gasteiger partial charge in [-0.2, -0.15) is 0 Å². The number of hydrogen-bond acceptors (Lipinski definition) is 3. The molecular weight excluding hydrogens is 168 g/mol. The first-order valence-corrected chi connectivity index (χ1v) is 4.82. The Morgan fingerprint density at radius 2 is 2.46 bits per heavy atom. The Bertz CT molecular complexity index is 348. The third-order valence-corrected chi connectivity index (χ3v) is 4.44. The van der Waals surface area contributed by atoms with Gasteiger partial charge in [0.2, 0.25) is 6.29 Å². The summed E-state index contributed by atoms with van der Waals surface area (Å²) in [4.78, 5) is 11.4. The fourth-order valence-electron chi connectivity index (χ4n) is 3.75. The molecule has 6 atom stereocenters. The van der Waals surface area contributed by atoms with Gasteiger partial charge in [0.25, 0.3) is 0 Å². The summed E-state index contributed by atoms with van der Waals surface area (Å²) in [6.45, 7) is 0. The van der Waals surface area contributed by atoms with Gasteiger partial charge in [-0.05, 0) is 23.7 Å². The van der Waals surface area contributed by atoms with Crippen LogP contribution in [0.4, 0.5) is 0 Å². The van der Waals surface area contributed by atoms with E-state index in [9.17, 15) is 9.90 Å². The second-order valence-electron chi connectivity index (χ2n) is 4.74. The highest BCUT2D eigenvalue weighted by Gasteiger charge is 2.77. The molecule has 4 aliphatic rings. The zero-order valence-electron chi connectivity index (χ0n) is 7.01. The quantitative estimate of drug-likeness (QED) is 0.428. The van der Waals surface area contributed by atoms with Crippen molar-refractivity contribution in [2.75, 3.05) is 0 Å². The maximum atomic E-state index is 11.4. The summed E-state index contributed by atoms with van der Waals surface area (Å²) in [5, 5.41) is 9.56. The molecule has 1 spiro atoms. The van der Waals surface area contributed by atoms with Crippen molar-refractivity contribution in [1.29, 1.82) is 0 Å². The van der Waals surface area contributed by atoms with Crippen molar-refractivity contribution in [1.82, 2.24) is 0 Å². The number of allylic oxidation sites excluding steroid dienone is 2. The number of carbonyl (C=O) groups is 1. The van der Waals surface area contributed by atoms with E-state index in [0.29, 0.717) is 17.3 Å². The van der Waals surface area contributed by atoms with Crippen LogP contribution in [0.5, 0.6) is 0 Å². The van der Waals surface area contributed by atoms with E-state index in [1.165, 1.54) is 0 Å². The summed E-state index contributed by atoms with van der Waals surface area (Å²) in [5.74, 6) is 0.783. The predicted molar refractivity (Wildman–Crippen MR) is 42.2 cm³/mol. The van der Waals surface area contributed by atoms with E-state index in [2.05, 4.69) is 12.2 Å². The number of aliphatic hydroxyl groups is 1. The Hall–Kier alpha value is -0.830. The number of fused-ring (bicyclic) bond motifs is 3. The SMILES string of the molecule is O=C1OC(O)[C@@H]2C3CC34C=CC4[C@H]12. The van der Waals surface area contributed by atoms with Crippen LogP contribution in [0.2, 0.25) is 0 Å². The molecule has 1 saturated heterocycles. The molecule has 0 bridgehead atoms. The van der Waals surface area contributed by atoms with Crippen molar-refractivity contribution >= 4 is 5.97 Å². The highest BCUT2D eigenvalue weighted by Crippen LogP contribution is 2.77. The maximum absolute atomic E-state index is 11.4. The molecule has 13 heavy (non-hydrogen) atoms. The smallest absolute Gasteiger partial charge is 0.312 e. The molecule has 2 saturated carbocycles. The second kappa shape index (κ2) is 1.57. The Morgan fingerprint density at radius 1 is 1.62 bits per heavy atom. The van der Waals surface area contributed by atoms with Gasteiger partial charge in [-0.25, -0.2) is 0 Å². The van der Waals surface area contributed by atoms with Crippen LogP contribution in [0.25, 0.3) is 0 Å². The fraction of sp³-hybridized carbons (Fsp3) is 0.700. The molecule has 0 aromatic carbocycles. The molecule has 4 rings (SSSR count). The zero-order valence-corrected chi connectivity index (χ0v) is 7.01. The number of rotatable bonds is 0. The molecule has 4 unspecified atom stereocenters. The predicted octanol–water partition coefficient (Wildman–Crippen LogP) is 0.300. The standard InChI is InChI=1S/C10H10O3/c11-8-6-4-1-2-10(4)3-5(10)7(6)9(12)13-8/h1-2,4-7,9,12H,3H2/t4?,5?,6-,7+,9?,10?/m0/s1. The normalized spacial score (nSPS) is 65.0. The molecule has 0 aromatic heterocycles. The molecule has 1 aliphatic heterocycles. The number of esters is 1. The van der Waals surface area contributed by atoms with Gasteiger partial charge in [0.1, 0.15) is 0 Å². The van der Waals surface area contributed by atoms with E-state index in [-0.39, 0.29) is 17.8 Å². The molecule has 0 aromatic rings. The van der Waals surface area contributed by atoms with E-state index in [1.807, 2.05) is 0 Å². The van der Waals surface area contributed by atoms with Gasteiger partial charge < -0.3 is 9.84 Å². The van der Waals surface area contributed by atoms with E-state index < -0.39 is 6.29 Å². The van der Waals surface area contributed by atoms with Gasteiger partial charge in [0.15, 0.2) is 0 Å². The number of hydrogen-bond donors (Lipinski definition) is 1. The van der Waals surface area contributed by atoms with E-state index in [4.69, 9.17) is 4.74 Å². The lowest BCUT2D eigenvalue weighted by Gasteiger charge is -2.28. The summed E-state index contributed by atoms with van der Waals surface area (Å²) in [6.07, 6.45) is 4.67. The van der Waals surface area contributed by atoms with Crippen LogP contribution in [0, 0.1) is 29.1 Å². The minimum atomic E-state index is -0.825. The lowest BCUT2D eigenvalue weighted by molar-refractivity contribution is -0.158. The Morgan fingerprint density at radius 3 is 3.15 bits per heavy atom. The zero-order chi connectivity index (χ0) is 8.79. The third-order valence-electron chi connectivity index (χ3n) is 4.44. The number of aliphatic hydroxyl groups excluding tert-OH is 1. The van der Waals surface area contributed by atoms with Gasteiger partial charge in [0, 0.05) is 5.92 Å². The topological polar surface area (TPSA) is 46.5 Å². The van der Waals surface area contributed by atoms with Crippen molar-refractivity contribution in [3.05, 3.63) is 12.2 Å². The Balaban J connectivity index is 1.84. The molecule has 68 valence electrons. The van der Waals surface area contributed by atoms with Crippen molar-refractivity contribution in [3.8, 4) is 0 Å². The molecule has 3 fully saturated rings. The van der Waals surface area contributed by atoms with Crippen LogP contribution in [0.15, 0.2) is 12.2 Å². The van der Waals surface area contributed by atoms with Crippen molar-refractivity contribution in [3.63, 3.8) is 0 Å². The first-order chi connectivity index (χ1) is 6.24. The molecule has 3 nitrogen and oxygen atoms in total. The van der Waals surface area contributed by atoms with Gasteiger partial charge in [-0.15, -0.1) is 0 Å². The largest absolute Gasteiger partial charge is 0.435 e. The van der Waals surface area contributed by atoms with Crippen LogP contribution in [0.3, 0.4) is 0 Å². The van der Waals surface area contributed by atoms with Gasteiger partial charge >= 0.3 is 5.97 Å². The Kier molecular flexibility index (Phi) is 0.794. The minimum Gasteiger partial charge on any atom is -0.435 e. The second-order valence-corrected chi connectivity index (χ2v) is 4.74. The van der Waals surface area contributed by atoms with E-state index >= 15 is 0 Å². The van der Waals surface area contributed by atoms with E-state index in [1.54, 1.807) is 0 Å². The van der Waals surface area contributed by atoms with Crippen LogP contribution >= 0.6 is 0 Å². The number of carbonyl (C=O) groups excluding carboxylic acids is 1. The van der Waals surface area contributed by atoms with Crippen molar-refractivity contribution in [2.24, 2.45) is 29.1 Å². The lowest BCUT2D eigenvalue weighted by atomic mass is 9.74. The average Bonchev–Trinajstić information content (AvgIpc) is 2.68. The summed E-state index contributed by atoms with van der Waals surface area (Å²) in [6, 6.07) is 0. The average molecular weight is 178 g/mol. The highest BCUT2D eigenvalue weighted by molar-refractivity contribution is 5.78. The molecule has 1 N–H and O–H groups in total. The molecule has 0 radical (unpaired) electrons. The highest BCUT2D eigenvalue weighted by atomic mass is 16.6. The third kappa shape index (κ3) is 0.481. The Labute approximate surface area is 75.4 Å². The van der Waals surface area contributed by atoms with E-state index in [0.717, 1.165) is 6.42 Å². The number of cyclic esters (lactones) is 1.